The van der Waals surface area contributed by atoms with E-state index in [2.05, 4.69) is 0 Å². The van der Waals surface area contributed by atoms with Crippen molar-refractivity contribution >= 4 is 5.78 Å². The smallest absolute Gasteiger partial charge is 0.330 e. The highest BCUT2D eigenvalue weighted by Crippen LogP contribution is 2.23. The number of carbonyl (C=O) groups excluding carboxylic acids is 1. The molecular formula is C9H9FN2O6. The van der Waals surface area contributed by atoms with Gasteiger partial charge in [-0.15, -0.1) is 0 Å². The summed E-state index contributed by atoms with van der Waals surface area (Å²) in [6.07, 6.45) is -3.86. The van der Waals surface area contributed by atoms with Gasteiger partial charge in [-0.2, -0.15) is 4.39 Å². The summed E-state index contributed by atoms with van der Waals surface area (Å²) in [6.45, 7) is -0.635. The third kappa shape index (κ3) is 1.88. The molecule has 1 fully saturated rings. The van der Waals surface area contributed by atoms with Crippen LogP contribution in [0.5, 0.6) is 0 Å². The van der Waals surface area contributed by atoms with Gasteiger partial charge >= 0.3 is 5.69 Å². The SMILES string of the molecule is O=C1C(O)C(CO)OC1n1cc(F)c(=O)[nH]c1=O. The lowest BCUT2D eigenvalue weighted by Gasteiger charge is -2.12. The zero-order valence-corrected chi connectivity index (χ0v) is 8.87. The molecule has 0 aliphatic carbocycles. The number of rotatable bonds is 2. The van der Waals surface area contributed by atoms with E-state index in [-0.39, 0.29) is 0 Å². The molecule has 0 spiro atoms. The molecule has 98 valence electrons. The number of aromatic amines is 1. The van der Waals surface area contributed by atoms with E-state index < -0.39 is 47.9 Å². The maximum absolute atomic E-state index is 13.0. The van der Waals surface area contributed by atoms with Gasteiger partial charge in [0.25, 0.3) is 5.56 Å². The standard InChI is InChI=1S/C9H9FN2O6/c10-3-1-12(9(17)11-7(3)16)8-6(15)5(14)4(2-13)18-8/h1,4-5,8,13-14H,2H2,(H,11,16,17). The highest BCUT2D eigenvalue weighted by molar-refractivity contribution is 5.87. The predicted molar refractivity (Wildman–Crippen MR) is 53.3 cm³/mol. The molecule has 3 atom stereocenters. The molecule has 8 nitrogen and oxygen atoms in total. The van der Waals surface area contributed by atoms with Crippen molar-refractivity contribution in [3.8, 4) is 0 Å². The van der Waals surface area contributed by atoms with Gasteiger partial charge in [-0.1, -0.05) is 0 Å². The number of aliphatic hydroxyl groups excluding tert-OH is 2. The van der Waals surface area contributed by atoms with Gasteiger partial charge in [0.1, 0.15) is 12.2 Å². The van der Waals surface area contributed by atoms with Gasteiger partial charge in [0.05, 0.1) is 12.8 Å². The topological polar surface area (TPSA) is 122 Å². The minimum atomic E-state index is -1.61. The summed E-state index contributed by atoms with van der Waals surface area (Å²) in [4.78, 5) is 35.4. The molecule has 3 unspecified atom stereocenters. The molecule has 0 bridgehead atoms. The van der Waals surface area contributed by atoms with Crippen molar-refractivity contribution in [1.29, 1.82) is 0 Å². The zero-order chi connectivity index (χ0) is 13.4. The molecule has 9 heteroatoms. The number of hydrogen-bond acceptors (Lipinski definition) is 6. The molecule has 2 heterocycles. The largest absolute Gasteiger partial charge is 0.394 e. The molecule has 0 amide bonds. The number of nitrogens with one attached hydrogen (secondary N) is 1. The third-order valence-electron chi connectivity index (χ3n) is 2.55. The molecule has 0 radical (unpaired) electrons. The number of hydrogen-bond donors (Lipinski definition) is 3. The highest BCUT2D eigenvalue weighted by Gasteiger charge is 2.43. The van der Waals surface area contributed by atoms with E-state index in [4.69, 9.17) is 9.84 Å². The van der Waals surface area contributed by atoms with Crippen molar-refractivity contribution < 1.29 is 24.1 Å². The number of ketones is 1. The van der Waals surface area contributed by atoms with Crippen LogP contribution in [0.25, 0.3) is 0 Å². The molecule has 1 aromatic rings. The monoisotopic (exact) mass is 260 g/mol. The van der Waals surface area contributed by atoms with Crippen molar-refractivity contribution in [2.45, 2.75) is 18.4 Å². The lowest BCUT2D eigenvalue weighted by molar-refractivity contribution is -0.130. The Morgan fingerprint density at radius 1 is 1.44 bits per heavy atom. The Hall–Kier alpha value is -1.84. The van der Waals surface area contributed by atoms with Gasteiger partial charge in [0.15, 0.2) is 0 Å². The van der Waals surface area contributed by atoms with Gasteiger partial charge in [-0.05, 0) is 0 Å². The molecule has 1 aromatic heterocycles. The average molecular weight is 260 g/mol. The zero-order valence-electron chi connectivity index (χ0n) is 8.87. The number of carbonyl (C=O) groups is 1. The Kier molecular flexibility index (Phi) is 3.11. The minimum Gasteiger partial charge on any atom is -0.394 e. The number of H-pyrrole nitrogens is 1. The first-order chi connectivity index (χ1) is 8.45. The Labute approximate surface area is 98.3 Å². The van der Waals surface area contributed by atoms with Crippen LogP contribution in [0.3, 0.4) is 0 Å². The first kappa shape index (κ1) is 12.6. The first-order valence-corrected chi connectivity index (χ1v) is 4.94. The van der Waals surface area contributed by atoms with Crippen LogP contribution in [0.2, 0.25) is 0 Å². The second kappa shape index (κ2) is 4.44. The van der Waals surface area contributed by atoms with E-state index in [9.17, 15) is 23.9 Å². The molecule has 0 saturated carbocycles. The number of aromatic nitrogens is 2. The molecule has 1 saturated heterocycles. The van der Waals surface area contributed by atoms with Gasteiger partial charge in [-0.3, -0.25) is 19.1 Å². The second-order valence-electron chi connectivity index (χ2n) is 3.70. The van der Waals surface area contributed by atoms with Crippen molar-refractivity contribution in [3.63, 3.8) is 0 Å². The van der Waals surface area contributed by atoms with Crippen LogP contribution in [-0.4, -0.2) is 44.4 Å². The fourth-order valence-corrected chi connectivity index (χ4v) is 1.62. The van der Waals surface area contributed by atoms with Crippen molar-refractivity contribution in [2.75, 3.05) is 6.61 Å². The fraction of sp³-hybridized carbons (Fsp3) is 0.444. The van der Waals surface area contributed by atoms with E-state index >= 15 is 0 Å². The lowest BCUT2D eigenvalue weighted by Crippen LogP contribution is -2.36. The summed E-state index contributed by atoms with van der Waals surface area (Å²) in [5.41, 5.74) is -2.27. The van der Waals surface area contributed by atoms with Crippen LogP contribution in [-0.2, 0) is 9.53 Å². The normalized spacial score (nSPS) is 27.7. The maximum Gasteiger partial charge on any atom is 0.330 e. The summed E-state index contributed by atoms with van der Waals surface area (Å²) in [6, 6.07) is 0. The van der Waals surface area contributed by atoms with Gasteiger partial charge in [0, 0.05) is 0 Å². The molecular weight excluding hydrogens is 251 g/mol. The number of halogens is 1. The molecule has 3 N–H and O–H groups in total. The van der Waals surface area contributed by atoms with Crippen LogP contribution in [0.15, 0.2) is 15.8 Å². The van der Waals surface area contributed by atoms with Crippen LogP contribution >= 0.6 is 0 Å². The minimum absolute atomic E-state index is 0.510. The summed E-state index contributed by atoms with van der Waals surface area (Å²) in [7, 11) is 0. The fourth-order valence-electron chi connectivity index (χ4n) is 1.62. The van der Waals surface area contributed by atoms with Gasteiger partial charge in [-0.25, -0.2) is 4.79 Å². The lowest BCUT2D eigenvalue weighted by atomic mass is 10.1. The van der Waals surface area contributed by atoms with Crippen molar-refractivity contribution in [1.82, 2.24) is 9.55 Å². The number of Topliss-reactive ketones (excluding diaryl/α,β-unsaturated/α-hetero) is 1. The van der Waals surface area contributed by atoms with Crippen molar-refractivity contribution in [2.24, 2.45) is 0 Å². The first-order valence-electron chi connectivity index (χ1n) is 4.94. The quantitative estimate of drug-likeness (QED) is 0.540. The average Bonchev–Trinajstić information content (AvgIpc) is 2.61. The number of nitrogens with zero attached hydrogens (tertiary/aromatic N) is 1. The Morgan fingerprint density at radius 3 is 2.67 bits per heavy atom. The Morgan fingerprint density at radius 2 is 2.11 bits per heavy atom. The van der Waals surface area contributed by atoms with E-state index in [1.165, 1.54) is 0 Å². The number of ether oxygens (including phenoxy) is 1. The summed E-state index contributed by atoms with van der Waals surface area (Å²) >= 11 is 0. The van der Waals surface area contributed by atoms with Gasteiger partial charge < -0.3 is 14.9 Å². The van der Waals surface area contributed by atoms with Crippen LogP contribution in [0.4, 0.5) is 4.39 Å². The van der Waals surface area contributed by atoms with Gasteiger partial charge in [0.2, 0.25) is 17.8 Å². The molecule has 2 rings (SSSR count). The summed E-state index contributed by atoms with van der Waals surface area (Å²) < 4.78 is 18.5. The molecule has 0 aromatic carbocycles. The van der Waals surface area contributed by atoms with Crippen LogP contribution in [0.1, 0.15) is 6.23 Å². The number of aliphatic hydroxyl groups is 2. The maximum atomic E-state index is 13.0. The van der Waals surface area contributed by atoms with Crippen molar-refractivity contribution in [3.05, 3.63) is 32.9 Å². The molecule has 1 aliphatic heterocycles. The Balaban J connectivity index is 2.45. The molecule has 1 aliphatic rings. The summed E-state index contributed by atoms with van der Waals surface area (Å²) in [5.74, 6) is -2.17. The Bertz CT molecular complexity index is 593. The molecule has 18 heavy (non-hydrogen) atoms. The van der Waals surface area contributed by atoms with E-state index in [0.29, 0.717) is 10.8 Å². The van der Waals surface area contributed by atoms with Crippen LogP contribution in [0, 0.1) is 5.82 Å². The third-order valence-corrected chi connectivity index (χ3v) is 2.55. The van der Waals surface area contributed by atoms with Crippen LogP contribution < -0.4 is 11.2 Å². The predicted octanol–water partition coefficient (Wildman–Crippen LogP) is -2.50. The van der Waals surface area contributed by atoms with E-state index in [1.54, 1.807) is 4.98 Å². The second-order valence-corrected chi connectivity index (χ2v) is 3.70. The summed E-state index contributed by atoms with van der Waals surface area (Å²) in [5, 5.41) is 18.2. The van der Waals surface area contributed by atoms with E-state index in [1.807, 2.05) is 0 Å². The highest BCUT2D eigenvalue weighted by atomic mass is 19.1. The van der Waals surface area contributed by atoms with E-state index in [0.717, 1.165) is 0 Å².